The molecule has 1 atom stereocenters. The number of rotatable bonds is 7. The number of ketones is 1. The number of aliphatic hydroxyl groups is 1. The summed E-state index contributed by atoms with van der Waals surface area (Å²) in [6.45, 7) is 0.525. The van der Waals surface area contributed by atoms with Gasteiger partial charge in [-0.1, -0.05) is 6.07 Å². The Kier molecular flexibility index (Phi) is 6.01. The molecule has 2 aromatic rings. The lowest BCUT2D eigenvalue weighted by Crippen LogP contribution is -2.32. The van der Waals surface area contributed by atoms with E-state index >= 15 is 0 Å². The number of thiophene rings is 1. The third-order valence-corrected chi connectivity index (χ3v) is 5.47. The summed E-state index contributed by atoms with van der Waals surface area (Å²) in [7, 11) is 4.52. The van der Waals surface area contributed by atoms with Crippen LogP contribution in [0, 0.1) is 0 Å². The Balaban J connectivity index is 2.13. The monoisotopic (exact) mass is 403 g/mol. The molecule has 1 amide bonds. The van der Waals surface area contributed by atoms with E-state index in [4.69, 9.17) is 14.2 Å². The summed E-state index contributed by atoms with van der Waals surface area (Å²) in [5, 5.41) is 12.8. The summed E-state index contributed by atoms with van der Waals surface area (Å²) in [5.41, 5.74) is 0.416. The molecule has 8 heteroatoms. The van der Waals surface area contributed by atoms with E-state index in [1.54, 1.807) is 18.2 Å². The number of carbonyl (C=O) groups excluding carboxylic acids is 2. The fourth-order valence-electron chi connectivity index (χ4n) is 3.18. The summed E-state index contributed by atoms with van der Waals surface area (Å²) >= 11 is 1.41. The van der Waals surface area contributed by atoms with E-state index in [-0.39, 0.29) is 24.5 Å². The predicted octanol–water partition coefficient (Wildman–Crippen LogP) is 2.83. The van der Waals surface area contributed by atoms with Crippen LogP contribution in [-0.4, -0.2) is 56.2 Å². The summed E-state index contributed by atoms with van der Waals surface area (Å²) in [6, 6.07) is 7.83. The molecule has 3 rings (SSSR count). The number of benzene rings is 1. The van der Waals surface area contributed by atoms with Crippen LogP contribution in [0.1, 0.15) is 16.5 Å². The molecule has 7 nitrogen and oxygen atoms in total. The number of hydrogen-bond acceptors (Lipinski definition) is 7. The summed E-state index contributed by atoms with van der Waals surface area (Å²) < 4.78 is 15.6. The lowest BCUT2D eigenvalue weighted by molar-refractivity contribution is -0.140. The number of ether oxygens (including phenoxy) is 3. The van der Waals surface area contributed by atoms with Gasteiger partial charge in [0.05, 0.1) is 32.4 Å². The van der Waals surface area contributed by atoms with Crippen LogP contribution in [0.5, 0.6) is 11.5 Å². The largest absolute Gasteiger partial charge is 0.507 e. The molecule has 2 heterocycles. The fraction of sp³-hybridized carbons (Fsp3) is 0.300. The van der Waals surface area contributed by atoms with E-state index in [1.807, 2.05) is 17.5 Å². The van der Waals surface area contributed by atoms with E-state index in [1.165, 1.54) is 37.6 Å². The van der Waals surface area contributed by atoms with Crippen LogP contribution in [0.3, 0.4) is 0 Å². The molecular weight excluding hydrogens is 382 g/mol. The second kappa shape index (κ2) is 8.45. The summed E-state index contributed by atoms with van der Waals surface area (Å²) in [4.78, 5) is 27.6. The minimum atomic E-state index is -0.721. The van der Waals surface area contributed by atoms with Gasteiger partial charge in [0.2, 0.25) is 0 Å². The molecule has 1 saturated heterocycles. The van der Waals surface area contributed by atoms with Crippen molar-refractivity contribution < 1.29 is 28.9 Å². The van der Waals surface area contributed by atoms with Crippen LogP contribution >= 0.6 is 11.3 Å². The molecule has 0 spiro atoms. The number of nitrogens with zero attached hydrogens (tertiary/aromatic N) is 1. The van der Waals surface area contributed by atoms with E-state index in [2.05, 4.69) is 0 Å². The molecule has 148 valence electrons. The highest BCUT2D eigenvalue weighted by Crippen LogP contribution is 2.41. The first-order valence-corrected chi connectivity index (χ1v) is 9.44. The molecule has 1 unspecified atom stereocenters. The third-order valence-electron chi connectivity index (χ3n) is 4.55. The molecular formula is C20H21NO6S. The van der Waals surface area contributed by atoms with Gasteiger partial charge in [-0.15, -0.1) is 11.3 Å². The van der Waals surface area contributed by atoms with Gasteiger partial charge in [-0.25, -0.2) is 0 Å². The molecule has 1 fully saturated rings. The highest BCUT2D eigenvalue weighted by atomic mass is 32.1. The number of aliphatic hydroxyl groups excluding tert-OH is 1. The van der Waals surface area contributed by atoms with Gasteiger partial charge in [-0.2, -0.15) is 0 Å². The van der Waals surface area contributed by atoms with Gasteiger partial charge < -0.3 is 24.2 Å². The summed E-state index contributed by atoms with van der Waals surface area (Å²) in [5.74, 6) is -0.723. The molecule has 0 radical (unpaired) electrons. The Bertz CT molecular complexity index is 905. The second-order valence-electron chi connectivity index (χ2n) is 6.07. The van der Waals surface area contributed by atoms with Gasteiger partial charge in [-0.3, -0.25) is 9.59 Å². The van der Waals surface area contributed by atoms with Crippen LogP contribution in [0.4, 0.5) is 0 Å². The zero-order valence-electron chi connectivity index (χ0n) is 15.8. The first-order valence-electron chi connectivity index (χ1n) is 8.56. The van der Waals surface area contributed by atoms with Crippen molar-refractivity contribution in [3.63, 3.8) is 0 Å². The number of methoxy groups -OCH3 is 3. The van der Waals surface area contributed by atoms with E-state index < -0.39 is 17.7 Å². The molecule has 1 aromatic carbocycles. The molecule has 1 aliphatic rings. The van der Waals surface area contributed by atoms with Crippen molar-refractivity contribution in [1.82, 2.24) is 4.90 Å². The van der Waals surface area contributed by atoms with Crippen molar-refractivity contribution >= 4 is 28.8 Å². The van der Waals surface area contributed by atoms with E-state index in [0.29, 0.717) is 17.1 Å². The Morgan fingerprint density at radius 3 is 2.50 bits per heavy atom. The van der Waals surface area contributed by atoms with Crippen molar-refractivity contribution in [2.45, 2.75) is 6.04 Å². The number of Topliss-reactive ketones (excluding diaryl/α,β-unsaturated/α-hetero) is 1. The standard InChI is InChI=1S/C20H21NO6S/c1-25-9-8-21-17(15-5-4-10-28-15)16(19(23)20(21)24)18(22)12-6-7-13(26-2)14(11-12)27-3/h4-7,10-11,17,22H,8-9H2,1-3H3/b18-16-. The zero-order valence-corrected chi connectivity index (χ0v) is 16.6. The molecule has 0 aliphatic carbocycles. The van der Waals surface area contributed by atoms with Crippen molar-refractivity contribution in [2.75, 3.05) is 34.5 Å². The van der Waals surface area contributed by atoms with Crippen LogP contribution in [0.15, 0.2) is 41.3 Å². The topological polar surface area (TPSA) is 85.3 Å². The zero-order chi connectivity index (χ0) is 20.3. The van der Waals surface area contributed by atoms with Crippen LogP contribution < -0.4 is 9.47 Å². The van der Waals surface area contributed by atoms with Crippen molar-refractivity contribution in [3.8, 4) is 11.5 Å². The maximum Gasteiger partial charge on any atom is 0.295 e. The van der Waals surface area contributed by atoms with Gasteiger partial charge in [-0.05, 0) is 29.6 Å². The number of hydrogen-bond donors (Lipinski definition) is 1. The van der Waals surface area contributed by atoms with E-state index in [0.717, 1.165) is 4.88 Å². The lowest BCUT2D eigenvalue weighted by atomic mass is 9.99. The number of amides is 1. The minimum absolute atomic E-state index is 0.0516. The third kappa shape index (κ3) is 3.48. The van der Waals surface area contributed by atoms with Crippen LogP contribution in [-0.2, 0) is 14.3 Å². The van der Waals surface area contributed by atoms with Gasteiger partial charge >= 0.3 is 0 Å². The van der Waals surface area contributed by atoms with Crippen molar-refractivity contribution in [2.24, 2.45) is 0 Å². The Hall–Kier alpha value is -2.84. The van der Waals surface area contributed by atoms with Crippen LogP contribution in [0.2, 0.25) is 0 Å². The normalized spacial score (nSPS) is 18.5. The first-order chi connectivity index (χ1) is 13.5. The second-order valence-corrected chi connectivity index (χ2v) is 7.05. The molecule has 1 aromatic heterocycles. The smallest absolute Gasteiger partial charge is 0.295 e. The van der Waals surface area contributed by atoms with E-state index in [9.17, 15) is 14.7 Å². The Morgan fingerprint density at radius 1 is 1.14 bits per heavy atom. The Labute approximate surface area is 166 Å². The van der Waals surface area contributed by atoms with Gasteiger partial charge in [0, 0.05) is 24.1 Å². The highest BCUT2D eigenvalue weighted by Gasteiger charge is 2.46. The average Bonchev–Trinajstić information content (AvgIpc) is 3.33. The van der Waals surface area contributed by atoms with Gasteiger partial charge in [0.1, 0.15) is 5.76 Å². The van der Waals surface area contributed by atoms with Crippen molar-refractivity contribution in [3.05, 3.63) is 51.7 Å². The van der Waals surface area contributed by atoms with Crippen molar-refractivity contribution in [1.29, 1.82) is 0 Å². The Morgan fingerprint density at radius 2 is 1.89 bits per heavy atom. The fourth-order valence-corrected chi connectivity index (χ4v) is 4.03. The number of carbonyl (C=O) groups is 2. The van der Waals surface area contributed by atoms with Gasteiger partial charge in [0.25, 0.3) is 11.7 Å². The highest BCUT2D eigenvalue weighted by molar-refractivity contribution is 7.10. The molecule has 0 saturated carbocycles. The molecule has 1 aliphatic heterocycles. The minimum Gasteiger partial charge on any atom is -0.507 e. The van der Waals surface area contributed by atoms with Gasteiger partial charge in [0.15, 0.2) is 11.5 Å². The maximum absolute atomic E-state index is 12.8. The first kappa shape index (κ1) is 19.9. The SMILES string of the molecule is COCCN1C(=O)C(=O)/C(=C(\O)c2ccc(OC)c(OC)c2)C1c1cccs1. The number of likely N-dealkylation sites (tertiary alicyclic amines) is 1. The molecule has 28 heavy (non-hydrogen) atoms. The quantitative estimate of drug-likeness (QED) is 0.435. The lowest BCUT2D eigenvalue weighted by Gasteiger charge is -2.23. The maximum atomic E-state index is 12.8. The average molecular weight is 403 g/mol. The molecule has 1 N–H and O–H groups in total. The summed E-state index contributed by atoms with van der Waals surface area (Å²) in [6.07, 6.45) is 0. The van der Waals surface area contributed by atoms with Crippen LogP contribution in [0.25, 0.3) is 5.76 Å². The predicted molar refractivity (Wildman–Crippen MR) is 105 cm³/mol. The molecule has 0 bridgehead atoms.